The van der Waals surface area contributed by atoms with E-state index in [1.54, 1.807) is 6.20 Å². The number of nitrogens with zero attached hydrogens (tertiary/aromatic N) is 2. The Hall–Kier alpha value is -1.62. The van der Waals surface area contributed by atoms with Gasteiger partial charge in [0, 0.05) is 17.8 Å². The second-order valence-electron chi connectivity index (χ2n) is 7.12. The highest BCUT2D eigenvalue weighted by molar-refractivity contribution is 5.84. The van der Waals surface area contributed by atoms with E-state index in [0.29, 0.717) is 11.9 Å². The number of rotatable bonds is 5. The van der Waals surface area contributed by atoms with Gasteiger partial charge < -0.3 is 4.74 Å². The minimum absolute atomic E-state index is 0.334. The Morgan fingerprint density at radius 2 is 2.26 bits per heavy atom. The van der Waals surface area contributed by atoms with Crippen LogP contribution in [0.15, 0.2) is 18.3 Å². The molecule has 1 aromatic heterocycles. The van der Waals surface area contributed by atoms with Crippen molar-refractivity contribution < 1.29 is 9.53 Å². The van der Waals surface area contributed by atoms with Crippen molar-refractivity contribution in [3.05, 3.63) is 23.9 Å². The van der Waals surface area contributed by atoms with Crippen LogP contribution in [0.1, 0.15) is 65.0 Å². The van der Waals surface area contributed by atoms with Crippen LogP contribution >= 0.6 is 0 Å². The lowest BCUT2D eigenvalue weighted by Crippen LogP contribution is -2.29. The molecule has 0 unspecified atom stereocenters. The maximum atomic E-state index is 12.1. The molecule has 0 saturated carbocycles. The van der Waals surface area contributed by atoms with Gasteiger partial charge in [-0.3, -0.25) is 10.2 Å². The molecule has 5 nitrogen and oxygen atoms in total. The average molecular weight is 319 g/mol. The van der Waals surface area contributed by atoms with E-state index in [-0.39, 0.29) is 0 Å². The summed E-state index contributed by atoms with van der Waals surface area (Å²) < 4.78 is 5.35. The number of amides is 1. The van der Waals surface area contributed by atoms with Crippen molar-refractivity contribution in [3.8, 4) is 0 Å². The molecule has 2 rings (SSSR count). The largest absolute Gasteiger partial charge is 0.444 e. The number of aromatic nitrogens is 1. The fraction of sp³-hybridized carbons (Fsp3) is 0.667. The highest BCUT2D eigenvalue weighted by Gasteiger charge is 2.28. The number of unbranched alkanes of at least 4 members (excludes halogenated alkanes) is 1. The summed E-state index contributed by atoms with van der Waals surface area (Å²) in [5.41, 5.74) is 0.575. The normalized spacial score (nSPS) is 18.9. The van der Waals surface area contributed by atoms with E-state index in [1.165, 1.54) is 19.3 Å². The molecule has 0 aliphatic carbocycles. The van der Waals surface area contributed by atoms with Crippen LogP contribution < -0.4 is 5.32 Å². The van der Waals surface area contributed by atoms with E-state index in [2.05, 4.69) is 28.2 Å². The summed E-state index contributed by atoms with van der Waals surface area (Å²) in [6.07, 6.45) is 5.95. The highest BCUT2D eigenvalue weighted by atomic mass is 16.6. The molecular formula is C18H29N3O2. The molecule has 1 saturated heterocycles. The van der Waals surface area contributed by atoms with Gasteiger partial charge in [-0.15, -0.1) is 0 Å². The van der Waals surface area contributed by atoms with Crippen molar-refractivity contribution >= 4 is 11.9 Å². The first-order chi connectivity index (χ1) is 10.9. The molecule has 1 aliphatic heterocycles. The molecule has 1 fully saturated rings. The number of hydrogen-bond acceptors (Lipinski definition) is 4. The lowest BCUT2D eigenvalue weighted by molar-refractivity contribution is 0.0635. The average Bonchev–Trinajstić information content (AvgIpc) is 2.91. The Labute approximate surface area is 139 Å². The van der Waals surface area contributed by atoms with E-state index in [0.717, 1.165) is 25.1 Å². The van der Waals surface area contributed by atoms with Crippen LogP contribution in [0.4, 0.5) is 10.6 Å². The molecule has 0 spiro atoms. The Kier molecular flexibility index (Phi) is 5.99. The standard InChI is InChI=1S/C18H29N3O2/c1-5-6-12-21-13-8-10-15(21)14-9-7-11-19-16(14)20-17(22)23-18(2,3)4/h7,9,11,15H,5-6,8,10,12-13H2,1-4H3,(H,19,20,22)/t15-/m1/s1. The molecule has 2 heterocycles. The van der Waals surface area contributed by atoms with Gasteiger partial charge >= 0.3 is 6.09 Å². The molecule has 1 aromatic rings. The number of nitrogens with one attached hydrogen (secondary N) is 1. The SMILES string of the molecule is CCCCN1CCC[C@@H]1c1cccnc1NC(=O)OC(C)(C)C. The summed E-state index contributed by atoms with van der Waals surface area (Å²) in [7, 11) is 0. The van der Waals surface area contributed by atoms with Crippen LogP contribution in [-0.4, -0.2) is 34.7 Å². The smallest absolute Gasteiger partial charge is 0.413 e. The topological polar surface area (TPSA) is 54.5 Å². The number of ether oxygens (including phenoxy) is 1. The van der Waals surface area contributed by atoms with Crippen molar-refractivity contribution in [2.24, 2.45) is 0 Å². The fourth-order valence-electron chi connectivity index (χ4n) is 3.00. The first-order valence-corrected chi connectivity index (χ1v) is 8.59. The van der Waals surface area contributed by atoms with Gasteiger partial charge in [-0.1, -0.05) is 19.4 Å². The van der Waals surface area contributed by atoms with Gasteiger partial charge in [0.2, 0.25) is 0 Å². The summed E-state index contributed by atoms with van der Waals surface area (Å²) in [6.45, 7) is 10.00. The summed E-state index contributed by atoms with van der Waals surface area (Å²) in [6, 6.07) is 4.33. The second-order valence-corrected chi connectivity index (χ2v) is 7.12. The van der Waals surface area contributed by atoms with Gasteiger partial charge in [0.05, 0.1) is 0 Å². The molecule has 0 aromatic carbocycles. The van der Waals surface area contributed by atoms with Gasteiger partial charge in [0.1, 0.15) is 11.4 Å². The van der Waals surface area contributed by atoms with Gasteiger partial charge in [0.15, 0.2) is 0 Å². The maximum Gasteiger partial charge on any atom is 0.413 e. The number of likely N-dealkylation sites (tertiary alicyclic amines) is 1. The monoisotopic (exact) mass is 319 g/mol. The van der Waals surface area contributed by atoms with Gasteiger partial charge in [-0.05, 0) is 59.2 Å². The molecule has 1 N–H and O–H groups in total. The quantitative estimate of drug-likeness (QED) is 0.876. The Morgan fingerprint density at radius 1 is 1.48 bits per heavy atom. The summed E-state index contributed by atoms with van der Waals surface area (Å²) in [5, 5.41) is 2.82. The molecule has 23 heavy (non-hydrogen) atoms. The summed E-state index contributed by atoms with van der Waals surface area (Å²) in [4.78, 5) is 18.9. The minimum Gasteiger partial charge on any atom is -0.444 e. The van der Waals surface area contributed by atoms with Crippen molar-refractivity contribution in [1.82, 2.24) is 9.88 Å². The predicted molar refractivity (Wildman–Crippen MR) is 92.5 cm³/mol. The maximum absolute atomic E-state index is 12.1. The molecular weight excluding hydrogens is 290 g/mol. The number of hydrogen-bond donors (Lipinski definition) is 1. The molecule has 1 aliphatic rings. The fourth-order valence-corrected chi connectivity index (χ4v) is 3.00. The minimum atomic E-state index is -0.514. The van der Waals surface area contributed by atoms with E-state index in [9.17, 15) is 4.79 Å². The number of carbonyl (C=O) groups is 1. The van der Waals surface area contributed by atoms with Crippen LogP contribution in [0, 0.1) is 0 Å². The molecule has 1 amide bonds. The zero-order chi connectivity index (χ0) is 16.9. The summed E-state index contributed by atoms with van der Waals surface area (Å²) >= 11 is 0. The zero-order valence-electron chi connectivity index (χ0n) is 14.8. The summed E-state index contributed by atoms with van der Waals surface area (Å²) in [5.74, 6) is 0.621. The number of pyridine rings is 1. The third-order valence-electron chi connectivity index (χ3n) is 3.98. The molecule has 5 heteroatoms. The van der Waals surface area contributed by atoms with Crippen molar-refractivity contribution in [2.75, 3.05) is 18.4 Å². The van der Waals surface area contributed by atoms with Crippen LogP contribution in [0.2, 0.25) is 0 Å². The van der Waals surface area contributed by atoms with Gasteiger partial charge in [0.25, 0.3) is 0 Å². The van der Waals surface area contributed by atoms with Gasteiger partial charge in [-0.25, -0.2) is 9.78 Å². The first kappa shape index (κ1) is 17.7. The van der Waals surface area contributed by atoms with Gasteiger partial charge in [-0.2, -0.15) is 0 Å². The van der Waals surface area contributed by atoms with Crippen molar-refractivity contribution in [1.29, 1.82) is 0 Å². The molecule has 1 atom stereocenters. The number of anilines is 1. The van der Waals surface area contributed by atoms with E-state index in [1.807, 2.05) is 26.8 Å². The Balaban J connectivity index is 2.12. The van der Waals surface area contributed by atoms with Crippen LogP contribution in [0.3, 0.4) is 0 Å². The predicted octanol–water partition coefficient (Wildman–Crippen LogP) is 4.37. The first-order valence-electron chi connectivity index (χ1n) is 8.59. The van der Waals surface area contributed by atoms with Crippen LogP contribution in [0.25, 0.3) is 0 Å². The van der Waals surface area contributed by atoms with E-state index >= 15 is 0 Å². The zero-order valence-corrected chi connectivity index (χ0v) is 14.8. The van der Waals surface area contributed by atoms with E-state index < -0.39 is 11.7 Å². The number of carbonyl (C=O) groups excluding carboxylic acids is 1. The van der Waals surface area contributed by atoms with Crippen molar-refractivity contribution in [2.45, 2.75) is 65.0 Å². The lowest BCUT2D eigenvalue weighted by Gasteiger charge is -2.26. The van der Waals surface area contributed by atoms with Crippen LogP contribution in [-0.2, 0) is 4.74 Å². The lowest BCUT2D eigenvalue weighted by atomic mass is 10.1. The van der Waals surface area contributed by atoms with Crippen LogP contribution in [0.5, 0.6) is 0 Å². The van der Waals surface area contributed by atoms with E-state index in [4.69, 9.17) is 4.74 Å². The molecule has 0 bridgehead atoms. The third-order valence-corrected chi connectivity index (χ3v) is 3.98. The molecule has 0 radical (unpaired) electrons. The Morgan fingerprint density at radius 3 is 2.96 bits per heavy atom. The highest BCUT2D eigenvalue weighted by Crippen LogP contribution is 2.35. The molecule has 128 valence electrons. The Bertz CT molecular complexity index is 525. The second kappa shape index (κ2) is 7.77. The third kappa shape index (κ3) is 5.20. The van der Waals surface area contributed by atoms with Crippen molar-refractivity contribution in [3.63, 3.8) is 0 Å².